The summed E-state index contributed by atoms with van der Waals surface area (Å²) < 4.78 is 22.1. The standard InChI is InChI=1S/C29H25FN4O2/c1-3-5-26-33-28-23(29(32)35)6-4-7-24(28)34(26)15-18-8-10-21-19(12-18)16-36-25-13-20(30)9-11-22(25)27(21)17(2)14-31/h4,6-13H,3,5,15-16H2,1-2H3,(H2,32,35)/b27-17-. The number of nitrogens with two attached hydrogens (primary N) is 1. The average Bonchev–Trinajstić information content (AvgIpc) is 3.12. The summed E-state index contributed by atoms with van der Waals surface area (Å²) in [5, 5.41) is 9.69. The normalized spacial score (nSPS) is 13.8. The van der Waals surface area contributed by atoms with Crippen LogP contribution in [-0.2, 0) is 19.6 Å². The van der Waals surface area contributed by atoms with Crippen molar-refractivity contribution in [2.45, 2.75) is 39.8 Å². The van der Waals surface area contributed by atoms with E-state index in [1.54, 1.807) is 19.1 Å². The van der Waals surface area contributed by atoms with Crippen LogP contribution in [0.15, 0.2) is 60.2 Å². The molecule has 36 heavy (non-hydrogen) atoms. The lowest BCUT2D eigenvalue weighted by atomic mass is 9.90. The van der Waals surface area contributed by atoms with E-state index >= 15 is 0 Å². The maximum absolute atomic E-state index is 13.9. The average molecular weight is 481 g/mol. The Labute approximate surface area is 208 Å². The van der Waals surface area contributed by atoms with E-state index in [2.05, 4.69) is 23.6 Å². The van der Waals surface area contributed by atoms with Crippen molar-refractivity contribution in [3.63, 3.8) is 0 Å². The van der Waals surface area contributed by atoms with Crippen molar-refractivity contribution in [3.05, 3.63) is 99.6 Å². The first-order chi connectivity index (χ1) is 17.4. The van der Waals surface area contributed by atoms with Gasteiger partial charge in [-0.2, -0.15) is 5.26 Å². The van der Waals surface area contributed by atoms with Crippen molar-refractivity contribution in [1.82, 2.24) is 9.55 Å². The molecule has 180 valence electrons. The minimum Gasteiger partial charge on any atom is -0.488 e. The minimum atomic E-state index is -0.501. The van der Waals surface area contributed by atoms with Gasteiger partial charge in [-0.1, -0.05) is 25.1 Å². The fraction of sp³-hybridized carbons (Fsp3) is 0.207. The molecular weight excluding hydrogens is 455 g/mol. The second-order valence-corrected chi connectivity index (χ2v) is 8.93. The molecule has 0 saturated carbocycles. The highest BCUT2D eigenvalue weighted by Gasteiger charge is 2.23. The lowest BCUT2D eigenvalue weighted by Gasteiger charge is -2.14. The number of rotatable bonds is 5. The smallest absolute Gasteiger partial charge is 0.250 e. The van der Waals surface area contributed by atoms with Crippen LogP contribution in [0, 0.1) is 17.1 Å². The molecule has 0 radical (unpaired) electrons. The highest BCUT2D eigenvalue weighted by molar-refractivity contribution is 6.04. The van der Waals surface area contributed by atoms with Crippen molar-refractivity contribution >= 4 is 22.5 Å². The zero-order valence-corrected chi connectivity index (χ0v) is 20.1. The van der Waals surface area contributed by atoms with Crippen molar-refractivity contribution in [2.75, 3.05) is 0 Å². The summed E-state index contributed by atoms with van der Waals surface area (Å²) in [6.07, 6.45) is 1.67. The number of benzene rings is 3. The van der Waals surface area contributed by atoms with E-state index in [1.807, 2.05) is 24.3 Å². The number of carbonyl (C=O) groups is 1. The summed E-state index contributed by atoms with van der Waals surface area (Å²) in [4.78, 5) is 16.7. The molecule has 1 amide bonds. The molecule has 3 aromatic carbocycles. The van der Waals surface area contributed by atoms with Crippen LogP contribution >= 0.6 is 0 Å². The molecule has 0 saturated heterocycles. The van der Waals surface area contributed by atoms with E-state index in [0.29, 0.717) is 34.5 Å². The van der Waals surface area contributed by atoms with Crippen molar-refractivity contribution < 1.29 is 13.9 Å². The second-order valence-electron chi connectivity index (χ2n) is 8.93. The molecule has 5 rings (SSSR count). The van der Waals surface area contributed by atoms with Gasteiger partial charge in [-0.3, -0.25) is 4.79 Å². The number of aromatic nitrogens is 2. The lowest BCUT2D eigenvalue weighted by molar-refractivity contribution is 0.100. The zero-order chi connectivity index (χ0) is 25.4. The summed E-state index contributed by atoms with van der Waals surface area (Å²) in [6, 6.07) is 18.2. The maximum atomic E-state index is 13.9. The molecule has 0 fully saturated rings. The van der Waals surface area contributed by atoms with E-state index in [9.17, 15) is 14.4 Å². The minimum absolute atomic E-state index is 0.250. The van der Waals surface area contributed by atoms with Gasteiger partial charge in [0.15, 0.2) is 0 Å². The van der Waals surface area contributed by atoms with Crippen LogP contribution in [-0.4, -0.2) is 15.5 Å². The molecule has 0 unspecified atom stereocenters. The van der Waals surface area contributed by atoms with Gasteiger partial charge in [0, 0.05) is 35.7 Å². The molecule has 0 bridgehead atoms. The fourth-order valence-corrected chi connectivity index (χ4v) is 4.86. The number of ether oxygens (including phenoxy) is 1. The highest BCUT2D eigenvalue weighted by Crippen LogP contribution is 2.39. The van der Waals surface area contributed by atoms with Crippen LogP contribution in [0.25, 0.3) is 16.6 Å². The molecule has 2 N–H and O–H groups in total. The Hall–Kier alpha value is -4.44. The van der Waals surface area contributed by atoms with Gasteiger partial charge in [-0.25, -0.2) is 9.37 Å². The van der Waals surface area contributed by atoms with Crippen LogP contribution < -0.4 is 10.5 Å². The Morgan fingerprint density at radius 3 is 2.75 bits per heavy atom. The van der Waals surface area contributed by atoms with E-state index < -0.39 is 5.91 Å². The van der Waals surface area contributed by atoms with Crippen LogP contribution in [0.2, 0.25) is 0 Å². The van der Waals surface area contributed by atoms with Crippen molar-refractivity contribution in [3.8, 4) is 11.8 Å². The van der Waals surface area contributed by atoms with Crippen molar-refractivity contribution in [2.24, 2.45) is 5.73 Å². The Morgan fingerprint density at radius 2 is 2.00 bits per heavy atom. The third kappa shape index (κ3) is 4.01. The number of hydrogen-bond donors (Lipinski definition) is 1. The number of allylic oxidation sites excluding steroid dienone is 1. The third-order valence-electron chi connectivity index (χ3n) is 6.52. The van der Waals surface area contributed by atoms with Gasteiger partial charge >= 0.3 is 0 Å². The second kappa shape index (κ2) is 9.31. The molecule has 1 aliphatic rings. The van der Waals surface area contributed by atoms with E-state index in [1.165, 1.54) is 12.1 Å². The number of halogens is 1. The first-order valence-electron chi connectivity index (χ1n) is 11.8. The molecule has 4 aromatic rings. The SMILES string of the molecule is CCCc1nc2c(C(N)=O)cccc2n1Cc1ccc2c(c1)COc1cc(F)ccc1/C2=C(/C)C#N. The van der Waals surface area contributed by atoms with Gasteiger partial charge in [0.2, 0.25) is 0 Å². The number of nitriles is 1. The molecular formula is C29H25FN4O2. The number of fused-ring (bicyclic) bond motifs is 3. The number of nitrogens with zero attached hydrogens (tertiary/aromatic N) is 3. The summed E-state index contributed by atoms with van der Waals surface area (Å²) in [7, 11) is 0. The van der Waals surface area contributed by atoms with E-state index in [4.69, 9.17) is 15.5 Å². The number of aryl methyl sites for hydroxylation is 1. The summed E-state index contributed by atoms with van der Waals surface area (Å²) in [6.45, 7) is 4.64. The van der Waals surface area contributed by atoms with Crippen LogP contribution in [0.3, 0.4) is 0 Å². The zero-order valence-electron chi connectivity index (χ0n) is 20.1. The predicted octanol–water partition coefficient (Wildman–Crippen LogP) is 5.51. The Bertz CT molecular complexity index is 1590. The quantitative estimate of drug-likeness (QED) is 0.381. The molecule has 0 aliphatic carbocycles. The number of amides is 1. The van der Waals surface area contributed by atoms with Gasteiger partial charge in [0.1, 0.15) is 29.5 Å². The monoisotopic (exact) mass is 480 g/mol. The largest absolute Gasteiger partial charge is 0.488 e. The topological polar surface area (TPSA) is 93.9 Å². The summed E-state index contributed by atoms with van der Waals surface area (Å²) >= 11 is 0. The molecule has 1 aromatic heterocycles. The van der Waals surface area contributed by atoms with Gasteiger partial charge in [0.05, 0.1) is 17.1 Å². The van der Waals surface area contributed by atoms with Gasteiger partial charge in [-0.15, -0.1) is 0 Å². The van der Waals surface area contributed by atoms with E-state index in [0.717, 1.165) is 46.4 Å². The molecule has 0 spiro atoms. The third-order valence-corrected chi connectivity index (χ3v) is 6.52. The van der Waals surface area contributed by atoms with E-state index in [-0.39, 0.29) is 12.4 Å². The van der Waals surface area contributed by atoms with Gasteiger partial charge in [0.25, 0.3) is 5.91 Å². The molecule has 1 aliphatic heterocycles. The van der Waals surface area contributed by atoms with Crippen LogP contribution in [0.1, 0.15) is 58.7 Å². The van der Waals surface area contributed by atoms with Gasteiger partial charge < -0.3 is 15.0 Å². The molecule has 7 heteroatoms. The molecule has 2 heterocycles. The Kier molecular flexibility index (Phi) is 6.03. The number of primary amides is 1. The Balaban J connectivity index is 1.61. The molecule has 6 nitrogen and oxygen atoms in total. The number of imidazole rings is 1. The number of hydrogen-bond acceptors (Lipinski definition) is 4. The van der Waals surface area contributed by atoms with Crippen molar-refractivity contribution in [1.29, 1.82) is 5.26 Å². The fourth-order valence-electron chi connectivity index (χ4n) is 4.86. The van der Waals surface area contributed by atoms with Crippen LogP contribution in [0.5, 0.6) is 5.75 Å². The first-order valence-corrected chi connectivity index (χ1v) is 11.8. The highest BCUT2D eigenvalue weighted by atomic mass is 19.1. The maximum Gasteiger partial charge on any atom is 0.250 e. The Morgan fingerprint density at radius 1 is 1.19 bits per heavy atom. The lowest BCUT2D eigenvalue weighted by Crippen LogP contribution is -2.11. The predicted molar refractivity (Wildman–Crippen MR) is 136 cm³/mol. The number of para-hydroxylation sites is 1. The molecule has 0 atom stereocenters. The van der Waals surface area contributed by atoms with Crippen LogP contribution in [0.4, 0.5) is 4.39 Å². The van der Waals surface area contributed by atoms with Gasteiger partial charge in [-0.05, 0) is 60.4 Å². The summed E-state index contributed by atoms with van der Waals surface area (Å²) in [5.41, 5.74) is 12.3. The summed E-state index contributed by atoms with van der Waals surface area (Å²) in [5.74, 6) is 0.414. The first kappa shape index (κ1) is 23.3. The number of carbonyl (C=O) groups excluding carboxylic acids is 1.